The lowest BCUT2D eigenvalue weighted by atomic mass is 10.1. The van der Waals surface area contributed by atoms with Crippen molar-refractivity contribution >= 4 is 0 Å². The van der Waals surface area contributed by atoms with E-state index in [0.717, 1.165) is 17.9 Å². The zero-order chi connectivity index (χ0) is 12.4. The van der Waals surface area contributed by atoms with E-state index in [4.69, 9.17) is 9.47 Å². The molecule has 0 saturated heterocycles. The molecule has 1 aliphatic rings. The molecule has 2 heteroatoms. The van der Waals surface area contributed by atoms with Crippen LogP contribution in [0.2, 0.25) is 0 Å². The number of rotatable bonds is 2. The van der Waals surface area contributed by atoms with Crippen molar-refractivity contribution in [3.05, 3.63) is 59.7 Å². The first-order valence-electron chi connectivity index (χ1n) is 6.25. The predicted molar refractivity (Wildman–Crippen MR) is 71.2 cm³/mol. The summed E-state index contributed by atoms with van der Waals surface area (Å²) in [6.45, 7) is 2.67. The van der Waals surface area contributed by atoms with E-state index in [0.29, 0.717) is 6.61 Å². The topological polar surface area (TPSA) is 18.5 Å². The van der Waals surface area contributed by atoms with Crippen molar-refractivity contribution < 1.29 is 9.47 Å². The Balaban J connectivity index is 1.73. The summed E-state index contributed by atoms with van der Waals surface area (Å²) in [7, 11) is 0. The van der Waals surface area contributed by atoms with Gasteiger partial charge in [-0.05, 0) is 30.2 Å². The quantitative estimate of drug-likeness (QED) is 0.801. The molecule has 2 aromatic carbocycles. The number of aryl methyl sites for hydroxylation is 1. The molecule has 0 radical (unpaired) electrons. The van der Waals surface area contributed by atoms with Crippen molar-refractivity contribution in [2.24, 2.45) is 0 Å². The predicted octanol–water partition coefficient (Wildman–Crippen LogP) is 3.38. The Morgan fingerprint density at radius 2 is 1.89 bits per heavy atom. The third kappa shape index (κ3) is 2.33. The molecule has 0 N–H and O–H groups in total. The highest BCUT2D eigenvalue weighted by atomic mass is 16.6. The van der Waals surface area contributed by atoms with Gasteiger partial charge in [-0.1, -0.05) is 36.4 Å². The van der Waals surface area contributed by atoms with Gasteiger partial charge in [-0.15, -0.1) is 0 Å². The van der Waals surface area contributed by atoms with Gasteiger partial charge in [0.25, 0.3) is 0 Å². The van der Waals surface area contributed by atoms with E-state index < -0.39 is 0 Å². The molecule has 1 heterocycles. The van der Waals surface area contributed by atoms with Gasteiger partial charge < -0.3 is 9.47 Å². The molecule has 2 aromatic rings. The second-order valence-electron chi connectivity index (χ2n) is 4.69. The molecule has 18 heavy (non-hydrogen) atoms. The Morgan fingerprint density at radius 1 is 1.06 bits per heavy atom. The van der Waals surface area contributed by atoms with Crippen molar-refractivity contribution in [1.29, 1.82) is 0 Å². The van der Waals surface area contributed by atoms with E-state index in [1.54, 1.807) is 0 Å². The highest BCUT2D eigenvalue weighted by Crippen LogP contribution is 2.32. The fraction of sp³-hybridized carbons (Fsp3) is 0.250. The van der Waals surface area contributed by atoms with Gasteiger partial charge in [0.2, 0.25) is 0 Å². The fourth-order valence-corrected chi connectivity index (χ4v) is 2.20. The Morgan fingerprint density at radius 3 is 2.72 bits per heavy atom. The van der Waals surface area contributed by atoms with Crippen LogP contribution in [-0.2, 0) is 6.42 Å². The van der Waals surface area contributed by atoms with Crippen LogP contribution in [0.1, 0.15) is 11.1 Å². The minimum atomic E-state index is 0.0996. The van der Waals surface area contributed by atoms with Gasteiger partial charge in [-0.2, -0.15) is 0 Å². The van der Waals surface area contributed by atoms with E-state index in [1.807, 2.05) is 24.3 Å². The SMILES string of the molecule is Cc1ccc2c(c1)OCC(Cc1ccccc1)O2. The molecule has 1 atom stereocenters. The molecule has 2 nitrogen and oxygen atoms in total. The molecule has 0 aromatic heterocycles. The maximum Gasteiger partial charge on any atom is 0.161 e. The molecule has 0 amide bonds. The number of fused-ring (bicyclic) bond motifs is 1. The van der Waals surface area contributed by atoms with Gasteiger partial charge in [-0.3, -0.25) is 0 Å². The summed E-state index contributed by atoms with van der Waals surface area (Å²) in [5.41, 5.74) is 2.47. The Bertz CT molecular complexity index is 534. The lowest BCUT2D eigenvalue weighted by molar-refractivity contribution is 0.0912. The molecule has 92 valence electrons. The Kier molecular flexibility index (Phi) is 2.93. The lowest BCUT2D eigenvalue weighted by Gasteiger charge is -2.26. The Labute approximate surface area is 107 Å². The zero-order valence-electron chi connectivity index (χ0n) is 10.4. The minimum absolute atomic E-state index is 0.0996. The van der Waals surface area contributed by atoms with Gasteiger partial charge in [-0.25, -0.2) is 0 Å². The van der Waals surface area contributed by atoms with Crippen molar-refractivity contribution in [1.82, 2.24) is 0 Å². The van der Waals surface area contributed by atoms with Gasteiger partial charge in [0.1, 0.15) is 12.7 Å². The fourth-order valence-electron chi connectivity index (χ4n) is 2.20. The molecular formula is C16H16O2. The van der Waals surface area contributed by atoms with Gasteiger partial charge >= 0.3 is 0 Å². The van der Waals surface area contributed by atoms with Gasteiger partial charge in [0, 0.05) is 6.42 Å². The standard InChI is InChI=1S/C16H16O2/c1-12-7-8-15-16(9-12)17-11-14(18-15)10-13-5-3-2-4-6-13/h2-9,14H,10-11H2,1H3. The minimum Gasteiger partial charge on any atom is -0.486 e. The normalized spacial score (nSPS) is 17.5. The molecule has 0 saturated carbocycles. The first-order chi connectivity index (χ1) is 8.81. The second-order valence-corrected chi connectivity index (χ2v) is 4.69. The van der Waals surface area contributed by atoms with Crippen LogP contribution in [0.15, 0.2) is 48.5 Å². The maximum absolute atomic E-state index is 5.97. The van der Waals surface area contributed by atoms with Crippen molar-refractivity contribution in [3.8, 4) is 11.5 Å². The van der Waals surface area contributed by atoms with Crippen molar-refractivity contribution in [2.45, 2.75) is 19.4 Å². The van der Waals surface area contributed by atoms with Gasteiger partial charge in [0.05, 0.1) is 0 Å². The summed E-state index contributed by atoms with van der Waals surface area (Å²) >= 11 is 0. The lowest BCUT2D eigenvalue weighted by Crippen LogP contribution is -2.31. The average Bonchev–Trinajstić information content (AvgIpc) is 2.40. The van der Waals surface area contributed by atoms with E-state index >= 15 is 0 Å². The molecular weight excluding hydrogens is 224 g/mol. The number of hydrogen-bond donors (Lipinski definition) is 0. The van der Waals surface area contributed by atoms with Crippen molar-refractivity contribution in [3.63, 3.8) is 0 Å². The third-order valence-corrected chi connectivity index (χ3v) is 3.12. The molecule has 0 spiro atoms. The summed E-state index contributed by atoms with van der Waals surface area (Å²) in [6.07, 6.45) is 0.983. The highest BCUT2D eigenvalue weighted by Gasteiger charge is 2.21. The zero-order valence-corrected chi connectivity index (χ0v) is 10.4. The van der Waals surface area contributed by atoms with Crippen LogP contribution < -0.4 is 9.47 Å². The van der Waals surface area contributed by atoms with E-state index in [2.05, 4.69) is 31.2 Å². The van der Waals surface area contributed by atoms with Crippen LogP contribution in [0, 0.1) is 6.92 Å². The first kappa shape index (κ1) is 11.1. The third-order valence-electron chi connectivity index (χ3n) is 3.12. The summed E-state index contributed by atoms with van der Waals surface area (Å²) in [5, 5.41) is 0. The maximum atomic E-state index is 5.97. The first-order valence-corrected chi connectivity index (χ1v) is 6.25. The van der Waals surface area contributed by atoms with Gasteiger partial charge in [0.15, 0.2) is 11.5 Å². The number of hydrogen-bond acceptors (Lipinski definition) is 2. The van der Waals surface area contributed by atoms with Crippen LogP contribution in [0.3, 0.4) is 0 Å². The molecule has 3 rings (SSSR count). The largest absolute Gasteiger partial charge is 0.486 e. The molecule has 1 aliphatic heterocycles. The van der Waals surface area contributed by atoms with Crippen LogP contribution in [0.25, 0.3) is 0 Å². The summed E-state index contributed by atoms with van der Waals surface area (Å²) in [6, 6.07) is 16.4. The monoisotopic (exact) mass is 240 g/mol. The van der Waals surface area contributed by atoms with Crippen LogP contribution in [0.5, 0.6) is 11.5 Å². The summed E-state index contributed by atoms with van der Waals surface area (Å²) in [5.74, 6) is 1.71. The summed E-state index contributed by atoms with van der Waals surface area (Å²) in [4.78, 5) is 0. The smallest absolute Gasteiger partial charge is 0.161 e. The van der Waals surface area contributed by atoms with E-state index in [1.165, 1.54) is 11.1 Å². The van der Waals surface area contributed by atoms with E-state index in [-0.39, 0.29) is 6.10 Å². The summed E-state index contributed by atoms with van der Waals surface area (Å²) < 4.78 is 11.7. The van der Waals surface area contributed by atoms with Crippen LogP contribution in [-0.4, -0.2) is 12.7 Å². The Hall–Kier alpha value is -1.96. The average molecular weight is 240 g/mol. The molecule has 0 bridgehead atoms. The number of benzene rings is 2. The van der Waals surface area contributed by atoms with Crippen LogP contribution in [0.4, 0.5) is 0 Å². The molecule has 0 fully saturated rings. The van der Waals surface area contributed by atoms with Crippen LogP contribution >= 0.6 is 0 Å². The highest BCUT2D eigenvalue weighted by molar-refractivity contribution is 5.43. The second kappa shape index (κ2) is 4.73. The van der Waals surface area contributed by atoms with E-state index in [9.17, 15) is 0 Å². The number of ether oxygens (including phenoxy) is 2. The molecule has 1 unspecified atom stereocenters. The molecule has 0 aliphatic carbocycles. The van der Waals surface area contributed by atoms with Crippen molar-refractivity contribution in [2.75, 3.05) is 6.61 Å².